The predicted molar refractivity (Wildman–Crippen MR) is 30.1 cm³/mol. The molecule has 0 aromatic carbocycles. The standard InChI is InChI=1S/C4H11BN/c1-4(3-6)5-2/h4H,3,6H2,1-2H3. The highest BCUT2D eigenvalue weighted by Crippen LogP contribution is 1.92. The first-order valence-corrected chi connectivity index (χ1v) is 2.30. The van der Waals surface area contributed by atoms with Crippen molar-refractivity contribution in [2.24, 2.45) is 5.73 Å². The molecule has 0 saturated carbocycles. The molecule has 1 atom stereocenters. The Hall–Kier alpha value is 0.0249. The fourth-order valence-corrected chi connectivity index (χ4v) is 0.136. The summed E-state index contributed by atoms with van der Waals surface area (Å²) in [5.41, 5.74) is 5.25. The van der Waals surface area contributed by atoms with Crippen molar-refractivity contribution in [3.63, 3.8) is 0 Å². The van der Waals surface area contributed by atoms with E-state index in [0.717, 1.165) is 6.54 Å². The van der Waals surface area contributed by atoms with Crippen LogP contribution >= 0.6 is 0 Å². The molecule has 1 radical (unpaired) electrons. The van der Waals surface area contributed by atoms with Crippen LogP contribution in [-0.2, 0) is 0 Å². The molecule has 0 amide bonds. The fraction of sp³-hybridized carbons (Fsp3) is 1.00. The van der Waals surface area contributed by atoms with E-state index in [4.69, 9.17) is 5.73 Å². The molecule has 0 aliphatic heterocycles. The highest BCUT2D eigenvalue weighted by Gasteiger charge is 1.91. The van der Waals surface area contributed by atoms with Crippen molar-refractivity contribution >= 4 is 7.28 Å². The van der Waals surface area contributed by atoms with Gasteiger partial charge in [0.05, 0.1) is 0 Å². The van der Waals surface area contributed by atoms with E-state index in [9.17, 15) is 0 Å². The number of hydrogen-bond acceptors (Lipinski definition) is 1. The van der Waals surface area contributed by atoms with E-state index in [1.54, 1.807) is 0 Å². The molecule has 0 spiro atoms. The Kier molecular flexibility index (Phi) is 3.24. The quantitative estimate of drug-likeness (QED) is 0.484. The van der Waals surface area contributed by atoms with Crippen LogP contribution in [0.3, 0.4) is 0 Å². The van der Waals surface area contributed by atoms with Crippen LogP contribution in [-0.4, -0.2) is 13.8 Å². The zero-order chi connectivity index (χ0) is 4.99. The third-order valence-electron chi connectivity index (χ3n) is 0.941. The Morgan fingerprint density at radius 1 is 1.83 bits per heavy atom. The van der Waals surface area contributed by atoms with Crippen LogP contribution in [0.15, 0.2) is 0 Å². The first kappa shape index (κ1) is 6.02. The Labute approximate surface area is 40.2 Å². The van der Waals surface area contributed by atoms with Crippen LogP contribution in [0.25, 0.3) is 0 Å². The maximum Gasteiger partial charge on any atom is 0.111 e. The molecule has 0 heterocycles. The molecule has 0 aromatic rings. The maximum absolute atomic E-state index is 5.25. The third kappa shape index (κ3) is 2.27. The molecule has 35 valence electrons. The minimum Gasteiger partial charge on any atom is -0.331 e. The van der Waals surface area contributed by atoms with Gasteiger partial charge in [0.15, 0.2) is 0 Å². The van der Waals surface area contributed by atoms with E-state index < -0.39 is 0 Å². The number of rotatable bonds is 2. The maximum atomic E-state index is 5.25. The Morgan fingerprint density at radius 2 is 2.33 bits per heavy atom. The summed E-state index contributed by atoms with van der Waals surface area (Å²) < 4.78 is 0. The van der Waals surface area contributed by atoms with Gasteiger partial charge in [0.2, 0.25) is 0 Å². The lowest BCUT2D eigenvalue weighted by Gasteiger charge is -1.97. The van der Waals surface area contributed by atoms with Gasteiger partial charge >= 0.3 is 0 Å². The van der Waals surface area contributed by atoms with Gasteiger partial charge in [-0.05, 0) is 6.54 Å². The molecule has 6 heavy (non-hydrogen) atoms. The third-order valence-corrected chi connectivity index (χ3v) is 0.941. The molecule has 2 N–H and O–H groups in total. The molecule has 0 saturated heterocycles. The molecular weight excluding hydrogens is 72.9 g/mol. The molecule has 0 aromatic heterocycles. The van der Waals surface area contributed by atoms with E-state index in [-0.39, 0.29) is 0 Å². The van der Waals surface area contributed by atoms with Crippen molar-refractivity contribution in [1.82, 2.24) is 0 Å². The zero-order valence-corrected chi connectivity index (χ0v) is 4.44. The summed E-state index contributed by atoms with van der Waals surface area (Å²) in [4.78, 5) is 0. The molecule has 0 aliphatic rings. The first-order chi connectivity index (χ1) is 2.81. The average Bonchev–Trinajstić information content (AvgIpc) is 1.65. The second-order valence-electron chi connectivity index (χ2n) is 1.55. The zero-order valence-electron chi connectivity index (χ0n) is 4.44. The molecular formula is C4H11BN. The van der Waals surface area contributed by atoms with Gasteiger partial charge in [-0.1, -0.05) is 19.6 Å². The fourth-order valence-electron chi connectivity index (χ4n) is 0.136. The van der Waals surface area contributed by atoms with Crippen molar-refractivity contribution in [3.05, 3.63) is 0 Å². The molecule has 0 bridgehead atoms. The topological polar surface area (TPSA) is 26.0 Å². The Balaban J connectivity index is 2.75. The summed E-state index contributed by atoms with van der Waals surface area (Å²) >= 11 is 0. The summed E-state index contributed by atoms with van der Waals surface area (Å²) in [6.07, 6.45) is 0. The summed E-state index contributed by atoms with van der Waals surface area (Å²) in [5, 5.41) is 0. The Bertz CT molecular complexity index is 26.7. The van der Waals surface area contributed by atoms with E-state index in [1.165, 1.54) is 0 Å². The van der Waals surface area contributed by atoms with Gasteiger partial charge in [-0.3, -0.25) is 0 Å². The van der Waals surface area contributed by atoms with Crippen molar-refractivity contribution in [2.45, 2.75) is 19.6 Å². The normalized spacial score (nSPS) is 13.8. The molecule has 1 nitrogen and oxygen atoms in total. The second kappa shape index (κ2) is 3.22. The molecule has 2 heteroatoms. The van der Waals surface area contributed by atoms with E-state index in [1.807, 2.05) is 6.82 Å². The summed E-state index contributed by atoms with van der Waals surface area (Å²) in [5.74, 6) is 0.588. The number of hydrogen-bond donors (Lipinski definition) is 1. The lowest BCUT2D eigenvalue weighted by molar-refractivity contribution is 0.916. The van der Waals surface area contributed by atoms with Gasteiger partial charge in [0.1, 0.15) is 7.28 Å². The molecule has 1 unspecified atom stereocenters. The lowest BCUT2D eigenvalue weighted by Crippen LogP contribution is -2.08. The Morgan fingerprint density at radius 3 is 2.33 bits per heavy atom. The molecule has 0 fully saturated rings. The highest BCUT2D eigenvalue weighted by atomic mass is 14.5. The largest absolute Gasteiger partial charge is 0.331 e. The second-order valence-corrected chi connectivity index (χ2v) is 1.55. The van der Waals surface area contributed by atoms with E-state index in [2.05, 4.69) is 14.2 Å². The summed E-state index contributed by atoms with van der Waals surface area (Å²) in [6, 6.07) is 0. The van der Waals surface area contributed by atoms with Crippen LogP contribution in [0.4, 0.5) is 0 Å². The van der Waals surface area contributed by atoms with Crippen molar-refractivity contribution < 1.29 is 0 Å². The first-order valence-electron chi connectivity index (χ1n) is 2.30. The van der Waals surface area contributed by atoms with Gasteiger partial charge in [0, 0.05) is 0 Å². The highest BCUT2D eigenvalue weighted by molar-refractivity contribution is 6.35. The smallest absolute Gasteiger partial charge is 0.111 e. The van der Waals surface area contributed by atoms with Gasteiger partial charge < -0.3 is 5.73 Å². The van der Waals surface area contributed by atoms with E-state index >= 15 is 0 Å². The number of nitrogens with two attached hydrogens (primary N) is 1. The van der Waals surface area contributed by atoms with Crippen LogP contribution in [0.1, 0.15) is 6.92 Å². The van der Waals surface area contributed by atoms with Gasteiger partial charge in [-0.15, -0.1) is 0 Å². The summed E-state index contributed by atoms with van der Waals surface area (Å²) in [6.45, 7) is 4.90. The van der Waals surface area contributed by atoms with Gasteiger partial charge in [-0.2, -0.15) is 0 Å². The monoisotopic (exact) mass is 84.1 g/mol. The molecule has 0 aliphatic carbocycles. The van der Waals surface area contributed by atoms with Crippen LogP contribution in [0.5, 0.6) is 0 Å². The minimum absolute atomic E-state index is 0.588. The predicted octanol–water partition coefficient (Wildman–Crippen LogP) is 0.506. The lowest BCUT2D eigenvalue weighted by atomic mass is 9.68. The van der Waals surface area contributed by atoms with Crippen LogP contribution < -0.4 is 5.73 Å². The molecule has 0 rings (SSSR count). The summed E-state index contributed by atoms with van der Waals surface area (Å²) in [7, 11) is 2.10. The van der Waals surface area contributed by atoms with Gasteiger partial charge in [0.25, 0.3) is 0 Å². The van der Waals surface area contributed by atoms with Crippen molar-refractivity contribution in [2.75, 3.05) is 6.54 Å². The van der Waals surface area contributed by atoms with Gasteiger partial charge in [-0.25, -0.2) is 0 Å². The minimum atomic E-state index is 0.588. The van der Waals surface area contributed by atoms with Crippen LogP contribution in [0.2, 0.25) is 12.6 Å². The van der Waals surface area contributed by atoms with E-state index in [0.29, 0.717) is 5.82 Å². The SMILES string of the molecule is C[B]C(C)CN. The van der Waals surface area contributed by atoms with Crippen molar-refractivity contribution in [3.8, 4) is 0 Å². The average molecular weight is 84.0 g/mol. The van der Waals surface area contributed by atoms with Crippen molar-refractivity contribution in [1.29, 1.82) is 0 Å². The van der Waals surface area contributed by atoms with Crippen LogP contribution in [0, 0.1) is 0 Å².